The van der Waals surface area contributed by atoms with Crippen molar-refractivity contribution in [3.05, 3.63) is 44.0 Å². The highest BCUT2D eigenvalue weighted by Gasteiger charge is 2.18. The van der Waals surface area contributed by atoms with Crippen LogP contribution in [0.3, 0.4) is 0 Å². The molecule has 1 atom stereocenters. The van der Waals surface area contributed by atoms with E-state index in [4.69, 9.17) is 14.3 Å². The summed E-state index contributed by atoms with van der Waals surface area (Å²) in [5.41, 5.74) is 2.34. The second-order valence-electron chi connectivity index (χ2n) is 7.00. The number of ketones is 1. The van der Waals surface area contributed by atoms with Crippen molar-refractivity contribution in [2.75, 3.05) is 6.54 Å². The van der Waals surface area contributed by atoms with Crippen LogP contribution in [0.15, 0.2) is 26.6 Å². The number of aliphatic carboxylic acids is 1. The van der Waals surface area contributed by atoms with E-state index >= 15 is 0 Å². The van der Waals surface area contributed by atoms with E-state index in [1.54, 1.807) is 6.92 Å². The van der Waals surface area contributed by atoms with Crippen molar-refractivity contribution in [3.8, 4) is 0 Å². The predicted molar refractivity (Wildman–Crippen MR) is 105 cm³/mol. The molecule has 1 amide bonds. The number of Topliss-reactive ketones (excluding diaryl/α,β-unsaturated/α-hetero) is 1. The molecular formula is C21H25NO7. The number of allylic oxidation sites excluding steroid dienone is 1. The van der Waals surface area contributed by atoms with Crippen LogP contribution in [-0.4, -0.2) is 35.4 Å². The Morgan fingerprint density at radius 3 is 2.55 bits per heavy atom. The molecule has 0 bridgehead atoms. The van der Waals surface area contributed by atoms with Gasteiger partial charge in [-0.3, -0.25) is 14.4 Å². The molecule has 1 aliphatic heterocycles. The quantitative estimate of drug-likeness (QED) is 0.664. The van der Waals surface area contributed by atoms with Crippen LogP contribution in [0.1, 0.15) is 45.6 Å². The number of carbonyl (C=O) groups excluding carboxylic acids is 2. The minimum atomic E-state index is -1.13. The molecule has 0 saturated carbocycles. The molecule has 2 heterocycles. The standard InChI is InChI=1S/C21H25NO7/c1-11-9-19(26)29-20-12(2)13(3)28-14(4)15(5-6-16(11)20)10-22-21(27)17(23)7-8-18(24)25/h6,9,13H,5,7-8,10H2,1-4H3,(H,22,27)(H,24,25)/b15-14+,16-6-,20-12+. The highest BCUT2D eigenvalue weighted by Crippen LogP contribution is 2.17. The lowest BCUT2D eigenvalue weighted by molar-refractivity contribution is -0.141. The fourth-order valence-electron chi connectivity index (χ4n) is 2.97. The van der Waals surface area contributed by atoms with E-state index in [0.29, 0.717) is 17.6 Å². The zero-order valence-corrected chi connectivity index (χ0v) is 17.0. The van der Waals surface area contributed by atoms with Crippen molar-refractivity contribution < 1.29 is 28.6 Å². The Kier molecular flexibility index (Phi) is 7.14. The van der Waals surface area contributed by atoms with E-state index in [-0.39, 0.29) is 19.1 Å². The SMILES string of the molecule is C/C1=C(\CNC(=O)C(=O)CCC(=O)O)C/C=c2/c(C)cc(=O)o/c2=C(\C)C(C)O1. The summed E-state index contributed by atoms with van der Waals surface area (Å²) in [5, 5.41) is 11.9. The van der Waals surface area contributed by atoms with E-state index in [2.05, 4.69) is 5.32 Å². The van der Waals surface area contributed by atoms with Gasteiger partial charge >= 0.3 is 11.6 Å². The van der Waals surface area contributed by atoms with E-state index in [0.717, 1.165) is 21.9 Å². The number of hydrogen-bond donors (Lipinski definition) is 2. The first-order valence-electron chi connectivity index (χ1n) is 9.30. The summed E-state index contributed by atoms with van der Waals surface area (Å²) in [4.78, 5) is 46.0. The second kappa shape index (κ2) is 9.36. The van der Waals surface area contributed by atoms with E-state index in [1.807, 2.05) is 26.8 Å². The first-order valence-corrected chi connectivity index (χ1v) is 9.30. The molecule has 8 nitrogen and oxygen atoms in total. The van der Waals surface area contributed by atoms with Crippen LogP contribution in [0.2, 0.25) is 0 Å². The Labute approximate surface area is 167 Å². The molecule has 8 heteroatoms. The third-order valence-electron chi connectivity index (χ3n) is 4.86. The van der Waals surface area contributed by atoms with Gasteiger partial charge in [0.25, 0.3) is 5.91 Å². The van der Waals surface area contributed by atoms with Gasteiger partial charge in [-0.05, 0) is 45.3 Å². The van der Waals surface area contributed by atoms with Crippen molar-refractivity contribution in [2.45, 2.75) is 53.1 Å². The smallest absolute Gasteiger partial charge is 0.336 e. The largest absolute Gasteiger partial charge is 0.491 e. The topological polar surface area (TPSA) is 123 Å². The Balaban J connectivity index is 2.29. The van der Waals surface area contributed by atoms with Crippen molar-refractivity contribution >= 4 is 29.3 Å². The average molecular weight is 403 g/mol. The number of ether oxygens (including phenoxy) is 1. The van der Waals surface area contributed by atoms with Crippen LogP contribution in [0.4, 0.5) is 0 Å². The summed E-state index contributed by atoms with van der Waals surface area (Å²) >= 11 is 0. The number of amides is 1. The molecule has 1 aromatic rings. The number of carboxylic acid groups (broad SMARTS) is 1. The maximum Gasteiger partial charge on any atom is 0.336 e. The van der Waals surface area contributed by atoms with Crippen LogP contribution in [-0.2, 0) is 19.1 Å². The lowest BCUT2D eigenvalue weighted by atomic mass is 10.1. The van der Waals surface area contributed by atoms with Crippen molar-refractivity contribution in [3.63, 3.8) is 0 Å². The lowest BCUT2D eigenvalue weighted by Crippen LogP contribution is -2.35. The molecule has 156 valence electrons. The molecule has 1 aliphatic rings. The summed E-state index contributed by atoms with van der Waals surface area (Å²) in [7, 11) is 0. The summed E-state index contributed by atoms with van der Waals surface area (Å²) < 4.78 is 11.4. The average Bonchev–Trinajstić information content (AvgIpc) is 2.68. The normalized spacial score (nSPS) is 22.1. The molecule has 0 saturated heterocycles. The van der Waals surface area contributed by atoms with E-state index in [9.17, 15) is 19.2 Å². The molecular weight excluding hydrogens is 378 g/mol. The van der Waals surface area contributed by atoms with Gasteiger partial charge in [0.2, 0.25) is 5.78 Å². The highest BCUT2D eigenvalue weighted by molar-refractivity contribution is 6.36. The molecule has 0 spiro atoms. The van der Waals surface area contributed by atoms with Gasteiger partial charge in [-0.1, -0.05) is 6.08 Å². The Morgan fingerprint density at radius 2 is 1.90 bits per heavy atom. The van der Waals surface area contributed by atoms with Gasteiger partial charge in [0.15, 0.2) is 0 Å². The van der Waals surface area contributed by atoms with Gasteiger partial charge in [0.05, 0.1) is 12.2 Å². The summed E-state index contributed by atoms with van der Waals surface area (Å²) in [6, 6.07) is 1.42. The van der Waals surface area contributed by atoms with E-state index in [1.165, 1.54) is 6.07 Å². The number of hydrogen-bond acceptors (Lipinski definition) is 6. The molecule has 2 N–H and O–H groups in total. The fourth-order valence-corrected chi connectivity index (χ4v) is 2.97. The van der Waals surface area contributed by atoms with Crippen LogP contribution in [0.5, 0.6) is 0 Å². The highest BCUT2D eigenvalue weighted by atomic mass is 16.5. The number of carboxylic acids is 1. The molecule has 2 rings (SSSR count). The molecule has 1 unspecified atom stereocenters. The van der Waals surface area contributed by atoms with Gasteiger partial charge < -0.3 is 19.6 Å². The van der Waals surface area contributed by atoms with Gasteiger partial charge in [-0.15, -0.1) is 0 Å². The van der Waals surface area contributed by atoms with Gasteiger partial charge in [0, 0.05) is 29.8 Å². The zero-order valence-electron chi connectivity index (χ0n) is 17.0. The summed E-state index contributed by atoms with van der Waals surface area (Å²) in [5.74, 6) is -2.15. The van der Waals surface area contributed by atoms with Gasteiger partial charge in [0.1, 0.15) is 11.5 Å². The van der Waals surface area contributed by atoms with Crippen LogP contribution >= 0.6 is 0 Å². The molecule has 29 heavy (non-hydrogen) atoms. The van der Waals surface area contributed by atoms with Crippen molar-refractivity contribution in [2.24, 2.45) is 0 Å². The lowest BCUT2D eigenvalue weighted by Gasteiger charge is -2.18. The molecule has 0 aliphatic carbocycles. The molecule has 0 fully saturated rings. The first-order chi connectivity index (χ1) is 13.6. The van der Waals surface area contributed by atoms with Gasteiger partial charge in [-0.25, -0.2) is 4.79 Å². The van der Waals surface area contributed by atoms with Crippen LogP contribution < -0.4 is 21.6 Å². The third kappa shape index (κ3) is 5.66. The predicted octanol–water partition coefficient (Wildman–Crippen LogP) is 0.532. The molecule has 1 aromatic heterocycles. The Bertz CT molecular complexity index is 1050. The Morgan fingerprint density at radius 1 is 1.21 bits per heavy atom. The Hall–Kier alpha value is -3.16. The van der Waals surface area contributed by atoms with E-state index < -0.39 is 29.7 Å². The molecule has 0 aromatic carbocycles. The second-order valence-corrected chi connectivity index (χ2v) is 7.00. The maximum atomic E-state index is 12.0. The fraction of sp³-hybridized carbons (Fsp3) is 0.429. The summed E-state index contributed by atoms with van der Waals surface area (Å²) in [6.07, 6.45) is 1.21. The molecule has 0 radical (unpaired) electrons. The zero-order chi connectivity index (χ0) is 21.7. The number of fused-ring (bicyclic) bond motifs is 1. The number of rotatable bonds is 6. The van der Waals surface area contributed by atoms with Crippen molar-refractivity contribution in [1.29, 1.82) is 0 Å². The number of nitrogens with one attached hydrogen (secondary N) is 1. The van der Waals surface area contributed by atoms with Crippen molar-refractivity contribution in [1.82, 2.24) is 5.32 Å². The minimum absolute atomic E-state index is 0.0803. The summed E-state index contributed by atoms with van der Waals surface area (Å²) in [6.45, 7) is 7.34. The number of carbonyl (C=O) groups is 3. The first kappa shape index (κ1) is 22.1. The van der Waals surface area contributed by atoms with Gasteiger partial charge in [-0.2, -0.15) is 0 Å². The third-order valence-corrected chi connectivity index (χ3v) is 4.86. The number of aryl methyl sites for hydroxylation is 1. The monoisotopic (exact) mass is 403 g/mol. The maximum absolute atomic E-state index is 12.0. The van der Waals surface area contributed by atoms with Crippen LogP contribution in [0, 0.1) is 6.92 Å². The minimum Gasteiger partial charge on any atom is -0.491 e. The van der Waals surface area contributed by atoms with Crippen LogP contribution in [0.25, 0.3) is 11.6 Å².